The van der Waals surface area contributed by atoms with Gasteiger partial charge in [-0.25, -0.2) is 4.79 Å². The fraction of sp³-hybridized carbons (Fsp3) is 0.278. The second kappa shape index (κ2) is 6.31. The molecule has 0 radical (unpaired) electrons. The summed E-state index contributed by atoms with van der Waals surface area (Å²) in [4.78, 5) is 12.2. The zero-order valence-electron chi connectivity index (χ0n) is 13.0. The molecular formula is C18H18Cl2O2. The van der Waals surface area contributed by atoms with Crippen molar-refractivity contribution in [3.8, 4) is 5.75 Å². The van der Waals surface area contributed by atoms with Crippen LogP contribution in [0.4, 0.5) is 0 Å². The lowest BCUT2D eigenvalue weighted by Gasteiger charge is -2.18. The number of esters is 1. The van der Waals surface area contributed by atoms with Crippen molar-refractivity contribution < 1.29 is 9.53 Å². The fourth-order valence-corrected chi connectivity index (χ4v) is 2.42. The van der Waals surface area contributed by atoms with Crippen LogP contribution in [0.2, 0.25) is 10.0 Å². The van der Waals surface area contributed by atoms with Crippen LogP contribution in [-0.4, -0.2) is 5.97 Å². The third-order valence-corrected chi connectivity index (χ3v) is 4.24. The smallest absolute Gasteiger partial charge is 0.343 e. The van der Waals surface area contributed by atoms with E-state index in [0.29, 0.717) is 21.4 Å². The molecular weight excluding hydrogens is 319 g/mol. The summed E-state index contributed by atoms with van der Waals surface area (Å²) in [5.41, 5.74) is 2.45. The van der Waals surface area contributed by atoms with Crippen molar-refractivity contribution in [2.24, 2.45) is 0 Å². The molecule has 0 saturated carbocycles. The summed E-state index contributed by atoms with van der Waals surface area (Å²) in [7, 11) is 0. The van der Waals surface area contributed by atoms with Crippen LogP contribution in [0.25, 0.3) is 0 Å². The van der Waals surface area contributed by atoms with E-state index in [9.17, 15) is 4.79 Å². The average molecular weight is 337 g/mol. The summed E-state index contributed by atoms with van der Waals surface area (Å²) in [6.45, 7) is 8.17. The van der Waals surface area contributed by atoms with E-state index in [1.165, 1.54) is 0 Å². The van der Waals surface area contributed by atoms with Gasteiger partial charge in [0.15, 0.2) is 0 Å². The van der Waals surface area contributed by atoms with Gasteiger partial charge >= 0.3 is 5.97 Å². The van der Waals surface area contributed by atoms with E-state index >= 15 is 0 Å². The average Bonchev–Trinajstić information content (AvgIpc) is 2.44. The Morgan fingerprint density at radius 3 is 1.95 bits per heavy atom. The molecule has 0 amide bonds. The fourth-order valence-electron chi connectivity index (χ4n) is 1.95. The molecule has 2 aromatic rings. The molecule has 0 bridgehead atoms. The molecule has 116 valence electrons. The monoisotopic (exact) mass is 336 g/mol. The Bertz CT molecular complexity index is 675. The molecule has 0 aromatic heterocycles. The second-order valence-electron chi connectivity index (χ2n) is 6.23. The molecule has 0 fully saturated rings. The quantitative estimate of drug-likeness (QED) is 0.510. The third-order valence-electron chi connectivity index (χ3n) is 3.45. The summed E-state index contributed by atoms with van der Waals surface area (Å²) in [6.07, 6.45) is 0. The minimum atomic E-state index is -0.434. The predicted molar refractivity (Wildman–Crippen MR) is 91.3 cm³/mol. The number of benzene rings is 2. The molecule has 0 N–H and O–H groups in total. The van der Waals surface area contributed by atoms with Gasteiger partial charge in [-0.15, -0.1) is 0 Å². The van der Waals surface area contributed by atoms with Gasteiger partial charge in [0.1, 0.15) is 5.75 Å². The standard InChI is InChI=1S/C18H18Cl2O2/c1-11-15(19)9-14(10-16(11)20)22-17(21)12-5-7-13(8-6-12)18(2,3)4/h5-10H,1-4H3. The van der Waals surface area contributed by atoms with Crippen LogP contribution in [0.15, 0.2) is 36.4 Å². The predicted octanol–water partition coefficient (Wildman–Crippen LogP) is 5.82. The maximum Gasteiger partial charge on any atom is 0.343 e. The molecule has 4 heteroatoms. The topological polar surface area (TPSA) is 26.3 Å². The Labute approximate surface area is 141 Å². The number of halogens is 2. The maximum atomic E-state index is 12.2. The van der Waals surface area contributed by atoms with Crippen LogP contribution in [0.1, 0.15) is 42.3 Å². The number of ether oxygens (including phenoxy) is 1. The zero-order valence-corrected chi connectivity index (χ0v) is 14.5. The molecule has 0 atom stereocenters. The Balaban J connectivity index is 2.19. The van der Waals surface area contributed by atoms with Crippen LogP contribution in [0, 0.1) is 6.92 Å². The van der Waals surface area contributed by atoms with Crippen molar-refractivity contribution in [3.05, 3.63) is 63.1 Å². The van der Waals surface area contributed by atoms with Gasteiger partial charge in [0.2, 0.25) is 0 Å². The van der Waals surface area contributed by atoms with Crippen molar-refractivity contribution in [2.45, 2.75) is 33.1 Å². The summed E-state index contributed by atoms with van der Waals surface area (Å²) in [6, 6.07) is 10.6. The maximum absolute atomic E-state index is 12.2. The Morgan fingerprint density at radius 1 is 1.00 bits per heavy atom. The highest BCUT2D eigenvalue weighted by atomic mass is 35.5. The van der Waals surface area contributed by atoms with Crippen molar-refractivity contribution in [1.82, 2.24) is 0 Å². The summed E-state index contributed by atoms with van der Waals surface area (Å²) < 4.78 is 5.33. The van der Waals surface area contributed by atoms with Gasteiger partial charge in [-0.3, -0.25) is 0 Å². The first-order valence-electron chi connectivity index (χ1n) is 6.97. The molecule has 0 unspecified atom stereocenters. The molecule has 0 heterocycles. The minimum absolute atomic E-state index is 0.0421. The first kappa shape index (κ1) is 16.9. The van der Waals surface area contributed by atoms with E-state index in [2.05, 4.69) is 20.8 Å². The van der Waals surface area contributed by atoms with Gasteiger partial charge < -0.3 is 4.74 Å². The van der Waals surface area contributed by atoms with Crippen LogP contribution < -0.4 is 4.74 Å². The largest absolute Gasteiger partial charge is 0.423 e. The number of hydrogen-bond acceptors (Lipinski definition) is 2. The highest BCUT2D eigenvalue weighted by molar-refractivity contribution is 6.36. The van der Waals surface area contributed by atoms with Gasteiger partial charge in [-0.2, -0.15) is 0 Å². The van der Waals surface area contributed by atoms with E-state index in [-0.39, 0.29) is 5.41 Å². The molecule has 22 heavy (non-hydrogen) atoms. The van der Waals surface area contributed by atoms with Gasteiger partial charge in [-0.05, 0) is 47.7 Å². The van der Waals surface area contributed by atoms with Crippen molar-refractivity contribution >= 4 is 29.2 Å². The lowest BCUT2D eigenvalue weighted by molar-refractivity contribution is 0.0734. The molecule has 2 aromatic carbocycles. The Kier molecular flexibility index (Phi) is 4.84. The molecule has 2 nitrogen and oxygen atoms in total. The normalized spacial score (nSPS) is 11.4. The Morgan fingerprint density at radius 2 is 1.50 bits per heavy atom. The van der Waals surface area contributed by atoms with Crippen LogP contribution in [0.3, 0.4) is 0 Å². The van der Waals surface area contributed by atoms with Crippen molar-refractivity contribution in [2.75, 3.05) is 0 Å². The van der Waals surface area contributed by atoms with E-state index in [1.807, 2.05) is 19.1 Å². The number of hydrogen-bond donors (Lipinski definition) is 0. The van der Waals surface area contributed by atoms with E-state index in [1.54, 1.807) is 24.3 Å². The van der Waals surface area contributed by atoms with Crippen molar-refractivity contribution in [3.63, 3.8) is 0 Å². The van der Waals surface area contributed by atoms with Crippen LogP contribution in [-0.2, 0) is 5.41 Å². The van der Waals surface area contributed by atoms with Gasteiger partial charge in [0.05, 0.1) is 5.56 Å². The molecule has 0 aliphatic rings. The van der Waals surface area contributed by atoms with Gasteiger partial charge in [0.25, 0.3) is 0 Å². The molecule has 0 saturated heterocycles. The SMILES string of the molecule is Cc1c(Cl)cc(OC(=O)c2ccc(C(C)(C)C)cc2)cc1Cl. The zero-order chi connectivity index (χ0) is 16.5. The first-order chi connectivity index (χ1) is 10.2. The lowest BCUT2D eigenvalue weighted by atomic mass is 9.87. The van der Waals surface area contributed by atoms with Gasteiger partial charge in [-0.1, -0.05) is 56.1 Å². The summed E-state index contributed by atoms with van der Waals surface area (Å²) >= 11 is 12.1. The highest BCUT2D eigenvalue weighted by Gasteiger charge is 2.15. The molecule has 0 spiro atoms. The highest BCUT2D eigenvalue weighted by Crippen LogP contribution is 2.30. The lowest BCUT2D eigenvalue weighted by Crippen LogP contribution is -2.13. The van der Waals surface area contributed by atoms with Gasteiger partial charge in [0, 0.05) is 10.0 Å². The van der Waals surface area contributed by atoms with E-state index in [4.69, 9.17) is 27.9 Å². The number of carbonyl (C=O) groups excluding carboxylic acids is 1. The molecule has 2 rings (SSSR count). The minimum Gasteiger partial charge on any atom is -0.423 e. The Hall–Kier alpha value is -1.51. The second-order valence-corrected chi connectivity index (χ2v) is 7.04. The summed E-state index contributed by atoms with van der Waals surface area (Å²) in [5.74, 6) is -0.0954. The van der Waals surface area contributed by atoms with E-state index < -0.39 is 5.97 Å². The molecule has 0 aliphatic carbocycles. The van der Waals surface area contributed by atoms with Crippen LogP contribution in [0.5, 0.6) is 5.75 Å². The number of rotatable bonds is 2. The van der Waals surface area contributed by atoms with Crippen LogP contribution >= 0.6 is 23.2 Å². The molecule has 0 aliphatic heterocycles. The third kappa shape index (κ3) is 3.82. The van der Waals surface area contributed by atoms with E-state index in [0.717, 1.165) is 11.1 Å². The van der Waals surface area contributed by atoms with Crippen molar-refractivity contribution in [1.29, 1.82) is 0 Å². The number of carbonyl (C=O) groups is 1. The summed E-state index contributed by atoms with van der Waals surface area (Å²) in [5, 5.41) is 0.941. The first-order valence-corrected chi connectivity index (χ1v) is 7.72.